The van der Waals surface area contributed by atoms with Gasteiger partial charge in [0.1, 0.15) is 6.61 Å². The van der Waals surface area contributed by atoms with Crippen molar-refractivity contribution in [1.82, 2.24) is 0 Å². The Kier molecular flexibility index (Phi) is 5.10. The van der Waals surface area contributed by atoms with Gasteiger partial charge >= 0.3 is 0 Å². The normalized spacial score (nSPS) is 10.8. The van der Waals surface area contributed by atoms with E-state index in [9.17, 15) is 4.79 Å². The number of benzene rings is 2. The SMILES string of the molecule is CCCCCOCC(=O)c1ccc2ccccc2c1. The Labute approximate surface area is 114 Å². The topological polar surface area (TPSA) is 26.3 Å². The molecule has 0 atom stereocenters. The van der Waals surface area contributed by atoms with Crippen molar-refractivity contribution in [3.8, 4) is 0 Å². The van der Waals surface area contributed by atoms with E-state index in [4.69, 9.17) is 4.74 Å². The molecule has 0 N–H and O–H groups in total. The molecule has 2 nitrogen and oxygen atoms in total. The summed E-state index contributed by atoms with van der Waals surface area (Å²) in [5.74, 6) is 0.0576. The molecule has 0 radical (unpaired) electrons. The molecule has 100 valence electrons. The lowest BCUT2D eigenvalue weighted by atomic mass is 10.0. The molecule has 19 heavy (non-hydrogen) atoms. The van der Waals surface area contributed by atoms with Crippen LogP contribution >= 0.6 is 0 Å². The van der Waals surface area contributed by atoms with Crippen LogP contribution in [-0.4, -0.2) is 19.0 Å². The number of carbonyl (C=O) groups excluding carboxylic acids is 1. The van der Waals surface area contributed by atoms with Crippen LogP contribution in [0.2, 0.25) is 0 Å². The summed E-state index contributed by atoms with van der Waals surface area (Å²) in [6, 6.07) is 13.9. The number of carbonyl (C=O) groups is 1. The van der Waals surface area contributed by atoms with Crippen molar-refractivity contribution in [2.45, 2.75) is 26.2 Å². The molecule has 0 aromatic heterocycles. The number of Topliss-reactive ketones (excluding diaryl/α,β-unsaturated/α-hetero) is 1. The summed E-state index contributed by atoms with van der Waals surface area (Å²) in [6.45, 7) is 3.01. The molecule has 2 heteroatoms. The van der Waals surface area contributed by atoms with Crippen molar-refractivity contribution in [2.75, 3.05) is 13.2 Å². The Balaban J connectivity index is 1.93. The van der Waals surface area contributed by atoms with Crippen LogP contribution in [0.4, 0.5) is 0 Å². The Morgan fingerprint density at radius 2 is 1.84 bits per heavy atom. The van der Waals surface area contributed by atoms with Gasteiger partial charge in [-0.1, -0.05) is 56.2 Å². The van der Waals surface area contributed by atoms with Crippen LogP contribution in [0.15, 0.2) is 42.5 Å². The predicted octanol–water partition coefficient (Wildman–Crippen LogP) is 4.23. The van der Waals surface area contributed by atoms with Gasteiger partial charge in [-0.2, -0.15) is 0 Å². The van der Waals surface area contributed by atoms with Gasteiger partial charge < -0.3 is 4.74 Å². The molecule has 0 fully saturated rings. The van der Waals surface area contributed by atoms with E-state index in [2.05, 4.69) is 6.92 Å². The number of ketones is 1. The minimum atomic E-state index is 0.0576. The van der Waals surface area contributed by atoms with Gasteiger partial charge in [0.25, 0.3) is 0 Å². The Morgan fingerprint density at radius 1 is 1.05 bits per heavy atom. The summed E-state index contributed by atoms with van der Waals surface area (Å²) in [5, 5.41) is 2.25. The van der Waals surface area contributed by atoms with Crippen molar-refractivity contribution in [2.24, 2.45) is 0 Å². The van der Waals surface area contributed by atoms with Gasteiger partial charge in [-0.05, 0) is 23.3 Å². The van der Waals surface area contributed by atoms with Crippen LogP contribution in [0.25, 0.3) is 10.8 Å². The van der Waals surface area contributed by atoms with Crippen LogP contribution in [0.5, 0.6) is 0 Å². The Morgan fingerprint density at radius 3 is 2.63 bits per heavy atom. The van der Waals surface area contributed by atoms with Crippen molar-refractivity contribution in [3.63, 3.8) is 0 Å². The fourth-order valence-electron chi connectivity index (χ4n) is 2.07. The van der Waals surface area contributed by atoms with Crippen molar-refractivity contribution in [3.05, 3.63) is 48.0 Å². The maximum Gasteiger partial charge on any atom is 0.188 e. The standard InChI is InChI=1S/C17H20O2/c1-2-3-6-11-19-13-17(18)16-10-9-14-7-4-5-8-15(14)12-16/h4-5,7-10,12H,2-3,6,11,13H2,1H3. The maximum absolute atomic E-state index is 12.0. The minimum absolute atomic E-state index is 0.0576. The van der Waals surface area contributed by atoms with E-state index < -0.39 is 0 Å². The lowest BCUT2D eigenvalue weighted by Gasteiger charge is -2.05. The molecule has 0 aliphatic heterocycles. The van der Waals surface area contributed by atoms with E-state index in [0.29, 0.717) is 6.61 Å². The number of hydrogen-bond donors (Lipinski definition) is 0. The molecule has 0 saturated carbocycles. The molecule has 0 amide bonds. The highest BCUT2D eigenvalue weighted by atomic mass is 16.5. The number of ether oxygens (including phenoxy) is 1. The molecule has 2 aromatic rings. The molecule has 2 rings (SSSR count). The zero-order valence-corrected chi connectivity index (χ0v) is 11.4. The van der Waals surface area contributed by atoms with E-state index in [0.717, 1.165) is 29.2 Å². The lowest BCUT2D eigenvalue weighted by Crippen LogP contribution is -2.09. The van der Waals surface area contributed by atoms with Gasteiger partial charge in [0.05, 0.1) is 0 Å². The molecule has 0 aliphatic rings. The second-order valence-corrected chi connectivity index (χ2v) is 4.74. The Hall–Kier alpha value is -1.67. The van der Waals surface area contributed by atoms with Gasteiger partial charge in [0, 0.05) is 12.2 Å². The largest absolute Gasteiger partial charge is 0.373 e. The number of fused-ring (bicyclic) bond motifs is 1. The van der Waals surface area contributed by atoms with Crippen LogP contribution in [0, 0.1) is 0 Å². The minimum Gasteiger partial charge on any atom is -0.373 e. The summed E-state index contributed by atoms with van der Waals surface area (Å²) in [7, 11) is 0. The molecule has 0 spiro atoms. The van der Waals surface area contributed by atoms with Gasteiger partial charge in [0.15, 0.2) is 5.78 Å². The van der Waals surface area contributed by atoms with Crippen LogP contribution in [-0.2, 0) is 4.74 Å². The average Bonchev–Trinajstić information content (AvgIpc) is 2.46. The first-order valence-corrected chi connectivity index (χ1v) is 6.91. The van der Waals surface area contributed by atoms with E-state index in [1.165, 1.54) is 6.42 Å². The third-order valence-corrected chi connectivity index (χ3v) is 3.20. The predicted molar refractivity (Wildman–Crippen MR) is 78.6 cm³/mol. The molecular formula is C17H20O2. The molecule has 0 heterocycles. The molecule has 0 bridgehead atoms. The zero-order chi connectivity index (χ0) is 13.5. The number of unbranched alkanes of at least 4 members (excludes halogenated alkanes) is 2. The van der Waals surface area contributed by atoms with Gasteiger partial charge in [-0.3, -0.25) is 4.79 Å². The molecular weight excluding hydrogens is 236 g/mol. The first kappa shape index (κ1) is 13.8. The van der Waals surface area contributed by atoms with E-state index in [1.807, 2.05) is 42.5 Å². The smallest absolute Gasteiger partial charge is 0.188 e. The molecule has 2 aromatic carbocycles. The second-order valence-electron chi connectivity index (χ2n) is 4.74. The highest BCUT2D eigenvalue weighted by Crippen LogP contribution is 2.16. The number of hydrogen-bond acceptors (Lipinski definition) is 2. The van der Waals surface area contributed by atoms with E-state index in [1.54, 1.807) is 0 Å². The summed E-state index contributed by atoms with van der Waals surface area (Å²) in [5.41, 5.74) is 0.731. The monoisotopic (exact) mass is 256 g/mol. The summed E-state index contributed by atoms with van der Waals surface area (Å²) < 4.78 is 5.41. The molecule has 0 saturated heterocycles. The first-order valence-electron chi connectivity index (χ1n) is 6.91. The van der Waals surface area contributed by atoms with Crippen LogP contribution in [0.1, 0.15) is 36.5 Å². The second kappa shape index (κ2) is 7.05. The highest BCUT2D eigenvalue weighted by molar-refractivity contribution is 6.00. The van der Waals surface area contributed by atoms with Gasteiger partial charge in [0.2, 0.25) is 0 Å². The van der Waals surface area contributed by atoms with Gasteiger partial charge in [-0.15, -0.1) is 0 Å². The van der Waals surface area contributed by atoms with Crippen molar-refractivity contribution >= 4 is 16.6 Å². The fourth-order valence-corrected chi connectivity index (χ4v) is 2.07. The van der Waals surface area contributed by atoms with Crippen molar-refractivity contribution < 1.29 is 9.53 Å². The van der Waals surface area contributed by atoms with Gasteiger partial charge in [-0.25, -0.2) is 0 Å². The number of rotatable bonds is 7. The lowest BCUT2D eigenvalue weighted by molar-refractivity contribution is 0.0753. The average molecular weight is 256 g/mol. The van der Waals surface area contributed by atoms with E-state index >= 15 is 0 Å². The van der Waals surface area contributed by atoms with E-state index in [-0.39, 0.29) is 12.4 Å². The van der Waals surface area contributed by atoms with Crippen LogP contribution in [0.3, 0.4) is 0 Å². The quantitative estimate of drug-likeness (QED) is 0.547. The Bertz CT molecular complexity index is 546. The van der Waals surface area contributed by atoms with Crippen molar-refractivity contribution in [1.29, 1.82) is 0 Å². The molecule has 0 unspecified atom stereocenters. The summed E-state index contributed by atoms with van der Waals surface area (Å²) in [6.07, 6.45) is 3.35. The third kappa shape index (κ3) is 3.90. The first-order chi connectivity index (χ1) is 9.31. The van der Waals surface area contributed by atoms with Crippen LogP contribution < -0.4 is 0 Å². The molecule has 0 aliphatic carbocycles. The maximum atomic E-state index is 12.0. The fraction of sp³-hybridized carbons (Fsp3) is 0.353. The summed E-state index contributed by atoms with van der Waals surface area (Å²) >= 11 is 0. The zero-order valence-electron chi connectivity index (χ0n) is 11.4. The highest BCUT2D eigenvalue weighted by Gasteiger charge is 2.06. The summed E-state index contributed by atoms with van der Waals surface area (Å²) in [4.78, 5) is 12.0. The third-order valence-electron chi connectivity index (χ3n) is 3.20.